The highest BCUT2D eigenvalue weighted by Crippen LogP contribution is 2.35. The molecule has 0 fully saturated rings. The maximum atomic E-state index is 10.6. The van der Waals surface area contributed by atoms with Crippen LogP contribution >= 0.6 is 0 Å². The minimum atomic E-state index is 0.354. The molecule has 0 radical (unpaired) electrons. The van der Waals surface area contributed by atoms with E-state index in [0.717, 1.165) is 42.8 Å². The Hall–Kier alpha value is -1.51. The van der Waals surface area contributed by atoms with Gasteiger partial charge >= 0.3 is 0 Å². The molecule has 0 saturated heterocycles. The fraction of sp³-hybridized carbons (Fsp3) is 0.417. The molecule has 2 rings (SSSR count). The molecule has 0 N–H and O–H groups in total. The maximum Gasteiger partial charge on any atom is 0.129 e. The highest BCUT2D eigenvalue weighted by atomic mass is 16.5. The zero-order chi connectivity index (χ0) is 10.7. The van der Waals surface area contributed by atoms with Crippen molar-refractivity contribution in [3.63, 3.8) is 0 Å². The summed E-state index contributed by atoms with van der Waals surface area (Å²) in [5.74, 6) is 1.59. The number of hydrogen-bond acceptors (Lipinski definition) is 3. The van der Waals surface area contributed by atoms with Gasteiger partial charge in [0.25, 0.3) is 0 Å². The molecule has 0 aliphatic carbocycles. The lowest BCUT2D eigenvalue weighted by atomic mass is 10.00. The van der Waals surface area contributed by atoms with E-state index in [0.29, 0.717) is 6.42 Å². The molecule has 3 nitrogen and oxygen atoms in total. The smallest absolute Gasteiger partial charge is 0.129 e. The van der Waals surface area contributed by atoms with Crippen molar-refractivity contribution in [2.24, 2.45) is 0 Å². The molecule has 0 saturated carbocycles. The van der Waals surface area contributed by atoms with Gasteiger partial charge in [-0.15, -0.1) is 0 Å². The molecule has 1 aromatic rings. The molecule has 1 heterocycles. The summed E-state index contributed by atoms with van der Waals surface area (Å²) in [5, 5.41) is 0. The number of carbonyl (C=O) groups excluding carboxylic acids is 1. The fourth-order valence-electron chi connectivity index (χ4n) is 1.94. The first-order valence-corrected chi connectivity index (χ1v) is 5.12. The minimum absolute atomic E-state index is 0.354. The van der Waals surface area contributed by atoms with Gasteiger partial charge in [0.05, 0.1) is 13.7 Å². The van der Waals surface area contributed by atoms with E-state index in [-0.39, 0.29) is 0 Å². The Balaban J connectivity index is 2.48. The molecule has 15 heavy (non-hydrogen) atoms. The van der Waals surface area contributed by atoms with Crippen LogP contribution in [0.25, 0.3) is 0 Å². The van der Waals surface area contributed by atoms with Gasteiger partial charge in [0.15, 0.2) is 0 Å². The van der Waals surface area contributed by atoms with Gasteiger partial charge in [-0.05, 0) is 24.5 Å². The van der Waals surface area contributed by atoms with Crippen LogP contribution in [0.2, 0.25) is 0 Å². The summed E-state index contributed by atoms with van der Waals surface area (Å²) in [6.45, 7) is 0.728. The third-order valence-electron chi connectivity index (χ3n) is 2.64. The summed E-state index contributed by atoms with van der Waals surface area (Å²) in [7, 11) is 1.61. The number of aldehydes is 1. The molecule has 0 aromatic heterocycles. The maximum absolute atomic E-state index is 10.6. The number of fused-ring (bicyclic) bond motifs is 1. The SMILES string of the molecule is COc1ccc2c(c1CC=O)OCCC2. The van der Waals surface area contributed by atoms with Gasteiger partial charge in [-0.25, -0.2) is 0 Å². The number of ether oxygens (including phenoxy) is 2. The molecular weight excluding hydrogens is 192 g/mol. The van der Waals surface area contributed by atoms with Crippen LogP contribution in [0.15, 0.2) is 12.1 Å². The van der Waals surface area contributed by atoms with Gasteiger partial charge in [0.2, 0.25) is 0 Å². The van der Waals surface area contributed by atoms with Crippen molar-refractivity contribution >= 4 is 6.29 Å². The van der Waals surface area contributed by atoms with E-state index < -0.39 is 0 Å². The summed E-state index contributed by atoms with van der Waals surface area (Å²) in [6, 6.07) is 3.92. The lowest BCUT2D eigenvalue weighted by Gasteiger charge is -2.21. The predicted molar refractivity (Wildman–Crippen MR) is 56.6 cm³/mol. The molecule has 1 aliphatic rings. The van der Waals surface area contributed by atoms with Crippen LogP contribution in [0.1, 0.15) is 17.5 Å². The largest absolute Gasteiger partial charge is 0.496 e. The van der Waals surface area contributed by atoms with Crippen molar-refractivity contribution in [2.75, 3.05) is 13.7 Å². The van der Waals surface area contributed by atoms with Crippen molar-refractivity contribution < 1.29 is 14.3 Å². The summed E-state index contributed by atoms with van der Waals surface area (Å²) >= 11 is 0. The third kappa shape index (κ3) is 1.82. The van der Waals surface area contributed by atoms with E-state index in [1.165, 1.54) is 5.56 Å². The average molecular weight is 206 g/mol. The number of benzene rings is 1. The van der Waals surface area contributed by atoms with Crippen LogP contribution in [0.5, 0.6) is 11.5 Å². The number of hydrogen-bond donors (Lipinski definition) is 0. The molecule has 0 spiro atoms. The quantitative estimate of drug-likeness (QED) is 0.707. The Morgan fingerprint density at radius 2 is 2.40 bits per heavy atom. The van der Waals surface area contributed by atoms with Crippen molar-refractivity contribution in [2.45, 2.75) is 19.3 Å². The standard InChI is InChI=1S/C12H14O3/c1-14-11-5-4-9-3-2-8-15-12(9)10(11)6-7-13/h4-5,7H,2-3,6,8H2,1H3. The van der Waals surface area contributed by atoms with Crippen molar-refractivity contribution in [1.29, 1.82) is 0 Å². The summed E-state index contributed by atoms with van der Waals surface area (Å²) in [5.41, 5.74) is 2.06. The number of methoxy groups -OCH3 is 1. The number of rotatable bonds is 3. The van der Waals surface area contributed by atoms with E-state index in [1.807, 2.05) is 12.1 Å². The van der Waals surface area contributed by atoms with Crippen LogP contribution in [0, 0.1) is 0 Å². The van der Waals surface area contributed by atoms with Gasteiger partial charge in [0.1, 0.15) is 17.8 Å². The first-order chi connectivity index (χ1) is 7.36. The summed E-state index contributed by atoms with van der Waals surface area (Å²) in [4.78, 5) is 10.6. The first-order valence-electron chi connectivity index (χ1n) is 5.12. The molecule has 0 unspecified atom stereocenters. The Labute approximate surface area is 89.0 Å². The van der Waals surface area contributed by atoms with Crippen molar-refractivity contribution in [3.05, 3.63) is 23.3 Å². The third-order valence-corrected chi connectivity index (χ3v) is 2.64. The van der Waals surface area contributed by atoms with Gasteiger partial charge in [-0.2, -0.15) is 0 Å². The Morgan fingerprint density at radius 3 is 3.13 bits per heavy atom. The monoisotopic (exact) mass is 206 g/mol. The van der Waals surface area contributed by atoms with Gasteiger partial charge in [-0.1, -0.05) is 6.07 Å². The van der Waals surface area contributed by atoms with Crippen LogP contribution in [0.3, 0.4) is 0 Å². The normalized spacial score (nSPS) is 13.9. The lowest BCUT2D eigenvalue weighted by molar-refractivity contribution is -0.107. The molecule has 1 aliphatic heterocycles. The number of carbonyl (C=O) groups is 1. The number of aryl methyl sites for hydroxylation is 1. The lowest BCUT2D eigenvalue weighted by Crippen LogP contribution is -2.11. The predicted octanol–water partition coefficient (Wildman–Crippen LogP) is 1.76. The topological polar surface area (TPSA) is 35.5 Å². The van der Waals surface area contributed by atoms with E-state index in [9.17, 15) is 4.79 Å². The zero-order valence-corrected chi connectivity index (χ0v) is 8.79. The molecule has 80 valence electrons. The van der Waals surface area contributed by atoms with Gasteiger partial charge in [0, 0.05) is 12.0 Å². The highest BCUT2D eigenvalue weighted by Gasteiger charge is 2.17. The zero-order valence-electron chi connectivity index (χ0n) is 8.79. The molecular formula is C12H14O3. The van der Waals surface area contributed by atoms with E-state index in [4.69, 9.17) is 9.47 Å². The molecule has 0 atom stereocenters. The van der Waals surface area contributed by atoms with Gasteiger partial charge in [-0.3, -0.25) is 0 Å². The Bertz CT molecular complexity index is 371. The minimum Gasteiger partial charge on any atom is -0.496 e. The molecule has 1 aromatic carbocycles. The fourth-order valence-corrected chi connectivity index (χ4v) is 1.94. The van der Waals surface area contributed by atoms with Crippen LogP contribution in [-0.4, -0.2) is 20.0 Å². The van der Waals surface area contributed by atoms with Gasteiger partial charge < -0.3 is 14.3 Å². The van der Waals surface area contributed by atoms with Crippen molar-refractivity contribution in [1.82, 2.24) is 0 Å². The summed E-state index contributed by atoms with van der Waals surface area (Å²) < 4.78 is 10.8. The second kappa shape index (κ2) is 4.34. The van der Waals surface area contributed by atoms with E-state index in [2.05, 4.69) is 0 Å². The molecule has 3 heteroatoms. The molecule has 0 amide bonds. The van der Waals surface area contributed by atoms with Crippen LogP contribution in [0.4, 0.5) is 0 Å². The average Bonchev–Trinajstić information content (AvgIpc) is 2.30. The van der Waals surface area contributed by atoms with E-state index in [1.54, 1.807) is 7.11 Å². The van der Waals surface area contributed by atoms with Crippen molar-refractivity contribution in [3.8, 4) is 11.5 Å². The second-order valence-corrected chi connectivity index (χ2v) is 3.56. The Kier molecular flexibility index (Phi) is 2.90. The summed E-state index contributed by atoms with van der Waals surface area (Å²) in [6.07, 6.45) is 3.30. The van der Waals surface area contributed by atoms with E-state index >= 15 is 0 Å². The first kappa shape index (κ1) is 10.0. The highest BCUT2D eigenvalue weighted by molar-refractivity contribution is 5.63. The Morgan fingerprint density at radius 1 is 1.53 bits per heavy atom. The second-order valence-electron chi connectivity index (χ2n) is 3.56. The van der Waals surface area contributed by atoms with Crippen LogP contribution in [-0.2, 0) is 17.6 Å². The van der Waals surface area contributed by atoms with Crippen LogP contribution < -0.4 is 9.47 Å². The molecule has 0 bridgehead atoms.